The van der Waals surface area contributed by atoms with Gasteiger partial charge in [-0.15, -0.1) is 0 Å². The van der Waals surface area contributed by atoms with E-state index >= 15 is 0 Å². The number of rotatable bonds is 4. The third-order valence-corrected chi connectivity index (χ3v) is 3.88. The Morgan fingerprint density at radius 1 is 1.18 bits per heavy atom. The number of ether oxygens (including phenoxy) is 1. The van der Waals surface area contributed by atoms with E-state index in [1.54, 1.807) is 12.4 Å². The van der Waals surface area contributed by atoms with Crippen LogP contribution in [0.1, 0.15) is 11.1 Å². The lowest BCUT2D eigenvalue weighted by Crippen LogP contribution is -2.46. The predicted octanol–water partition coefficient (Wildman–Crippen LogP) is 2.09. The summed E-state index contributed by atoms with van der Waals surface area (Å²) < 4.78 is 5.81. The quantitative estimate of drug-likeness (QED) is 0.867. The molecular weight excluding hydrogens is 276 g/mol. The average Bonchev–Trinajstić information content (AvgIpc) is 2.57. The molecule has 0 saturated carbocycles. The Kier molecular flexibility index (Phi) is 4.81. The van der Waals surface area contributed by atoms with Gasteiger partial charge in [-0.3, -0.25) is 9.78 Å². The molecule has 0 spiro atoms. The molecule has 3 rings (SSSR count). The molecule has 1 aromatic heterocycles. The van der Waals surface area contributed by atoms with E-state index in [1.807, 2.05) is 35.2 Å². The van der Waals surface area contributed by atoms with Crippen LogP contribution in [-0.4, -0.2) is 41.6 Å². The van der Waals surface area contributed by atoms with Gasteiger partial charge in [-0.05, 0) is 17.2 Å². The van der Waals surface area contributed by atoms with Gasteiger partial charge < -0.3 is 9.64 Å². The highest BCUT2D eigenvalue weighted by Gasteiger charge is 2.24. The molecular formula is C18H20N2O2. The summed E-state index contributed by atoms with van der Waals surface area (Å²) in [7, 11) is 0. The van der Waals surface area contributed by atoms with Gasteiger partial charge in [-0.1, -0.05) is 36.4 Å². The Hall–Kier alpha value is -2.20. The Labute approximate surface area is 130 Å². The van der Waals surface area contributed by atoms with Crippen LogP contribution in [0, 0.1) is 0 Å². The van der Waals surface area contributed by atoms with E-state index in [0.717, 1.165) is 12.0 Å². The summed E-state index contributed by atoms with van der Waals surface area (Å²) >= 11 is 0. The normalized spacial score (nSPS) is 18.2. The van der Waals surface area contributed by atoms with Crippen molar-refractivity contribution >= 4 is 5.91 Å². The van der Waals surface area contributed by atoms with Crippen molar-refractivity contribution in [3.8, 4) is 0 Å². The molecule has 1 aliphatic heterocycles. The summed E-state index contributed by atoms with van der Waals surface area (Å²) in [5.74, 6) is 0.148. The first-order chi connectivity index (χ1) is 10.8. The van der Waals surface area contributed by atoms with Crippen LogP contribution in [0.3, 0.4) is 0 Å². The monoisotopic (exact) mass is 296 g/mol. The smallest absolute Gasteiger partial charge is 0.227 e. The zero-order chi connectivity index (χ0) is 15.2. The second-order valence-corrected chi connectivity index (χ2v) is 5.56. The summed E-state index contributed by atoms with van der Waals surface area (Å²) in [6.07, 6.45) is 4.80. The van der Waals surface area contributed by atoms with Gasteiger partial charge in [0, 0.05) is 31.9 Å². The number of carbonyl (C=O) groups is 1. The maximum absolute atomic E-state index is 12.4. The number of aromatic nitrogens is 1. The zero-order valence-corrected chi connectivity index (χ0v) is 12.5. The molecule has 0 unspecified atom stereocenters. The van der Waals surface area contributed by atoms with Gasteiger partial charge in [0.2, 0.25) is 5.91 Å². The molecule has 0 N–H and O–H groups in total. The van der Waals surface area contributed by atoms with Crippen LogP contribution in [0.4, 0.5) is 0 Å². The van der Waals surface area contributed by atoms with E-state index in [0.29, 0.717) is 26.1 Å². The second-order valence-electron chi connectivity index (χ2n) is 5.56. The molecule has 1 atom stereocenters. The minimum Gasteiger partial charge on any atom is -0.374 e. The van der Waals surface area contributed by atoms with Crippen LogP contribution in [0.25, 0.3) is 0 Å². The van der Waals surface area contributed by atoms with Crippen LogP contribution < -0.4 is 0 Å². The number of benzene rings is 1. The maximum atomic E-state index is 12.4. The summed E-state index contributed by atoms with van der Waals surface area (Å²) in [5.41, 5.74) is 2.20. The van der Waals surface area contributed by atoms with E-state index < -0.39 is 0 Å². The van der Waals surface area contributed by atoms with Crippen molar-refractivity contribution in [1.82, 2.24) is 9.88 Å². The van der Waals surface area contributed by atoms with Gasteiger partial charge in [0.1, 0.15) is 0 Å². The second kappa shape index (κ2) is 7.18. The Balaban J connectivity index is 1.57. The highest BCUT2D eigenvalue weighted by molar-refractivity contribution is 5.78. The Morgan fingerprint density at radius 2 is 2.00 bits per heavy atom. The van der Waals surface area contributed by atoms with E-state index in [2.05, 4.69) is 17.1 Å². The van der Waals surface area contributed by atoms with Crippen molar-refractivity contribution in [3.05, 3.63) is 66.0 Å². The van der Waals surface area contributed by atoms with Gasteiger partial charge >= 0.3 is 0 Å². The molecule has 0 aliphatic carbocycles. The number of hydrogen-bond acceptors (Lipinski definition) is 3. The molecule has 114 valence electrons. The SMILES string of the molecule is O=C(Cc1cccnc1)N1CCO[C@H](Cc2ccccc2)C1. The van der Waals surface area contributed by atoms with Crippen molar-refractivity contribution < 1.29 is 9.53 Å². The van der Waals surface area contributed by atoms with Gasteiger partial charge in [-0.25, -0.2) is 0 Å². The fraction of sp³-hybridized carbons (Fsp3) is 0.333. The fourth-order valence-corrected chi connectivity index (χ4v) is 2.74. The highest BCUT2D eigenvalue weighted by Crippen LogP contribution is 2.13. The van der Waals surface area contributed by atoms with E-state index in [4.69, 9.17) is 4.74 Å². The van der Waals surface area contributed by atoms with Crippen molar-refractivity contribution in [2.24, 2.45) is 0 Å². The molecule has 1 fully saturated rings. The van der Waals surface area contributed by atoms with Gasteiger partial charge in [-0.2, -0.15) is 0 Å². The summed E-state index contributed by atoms with van der Waals surface area (Å²) in [6.45, 7) is 1.94. The van der Waals surface area contributed by atoms with Crippen LogP contribution in [0.2, 0.25) is 0 Å². The van der Waals surface area contributed by atoms with Gasteiger partial charge in [0.05, 0.1) is 19.1 Å². The number of morpholine rings is 1. The molecule has 0 bridgehead atoms. The topological polar surface area (TPSA) is 42.4 Å². The molecule has 4 heteroatoms. The standard InChI is InChI=1S/C18H20N2O2/c21-18(12-16-7-4-8-19-13-16)20-9-10-22-17(14-20)11-15-5-2-1-3-6-15/h1-8,13,17H,9-12,14H2/t17-/m1/s1. The lowest BCUT2D eigenvalue weighted by Gasteiger charge is -2.33. The third kappa shape index (κ3) is 3.92. The third-order valence-electron chi connectivity index (χ3n) is 3.88. The van der Waals surface area contributed by atoms with Crippen LogP contribution >= 0.6 is 0 Å². The molecule has 2 aromatic rings. The van der Waals surface area contributed by atoms with E-state index in [-0.39, 0.29) is 12.0 Å². The summed E-state index contributed by atoms with van der Waals surface area (Å²) in [5, 5.41) is 0. The first-order valence-electron chi connectivity index (χ1n) is 7.63. The van der Waals surface area contributed by atoms with Gasteiger partial charge in [0.15, 0.2) is 0 Å². The number of pyridine rings is 1. The maximum Gasteiger partial charge on any atom is 0.227 e. The van der Waals surface area contributed by atoms with Crippen LogP contribution in [-0.2, 0) is 22.4 Å². The number of carbonyl (C=O) groups excluding carboxylic acids is 1. The van der Waals surface area contributed by atoms with Crippen molar-refractivity contribution in [1.29, 1.82) is 0 Å². The number of hydrogen-bond donors (Lipinski definition) is 0. The van der Waals surface area contributed by atoms with Crippen LogP contribution in [0.15, 0.2) is 54.9 Å². The molecule has 2 heterocycles. The largest absolute Gasteiger partial charge is 0.374 e. The van der Waals surface area contributed by atoms with Crippen molar-refractivity contribution in [2.45, 2.75) is 18.9 Å². The Bertz CT molecular complexity index is 601. The van der Waals surface area contributed by atoms with E-state index in [1.165, 1.54) is 5.56 Å². The summed E-state index contributed by atoms with van der Waals surface area (Å²) in [4.78, 5) is 18.4. The minimum absolute atomic E-state index is 0.0778. The van der Waals surface area contributed by atoms with E-state index in [9.17, 15) is 4.79 Å². The first-order valence-corrected chi connectivity index (χ1v) is 7.63. The van der Waals surface area contributed by atoms with Crippen molar-refractivity contribution in [3.63, 3.8) is 0 Å². The molecule has 22 heavy (non-hydrogen) atoms. The molecule has 1 aliphatic rings. The molecule has 1 aromatic carbocycles. The molecule has 4 nitrogen and oxygen atoms in total. The molecule has 1 amide bonds. The lowest BCUT2D eigenvalue weighted by molar-refractivity contribution is -0.138. The highest BCUT2D eigenvalue weighted by atomic mass is 16.5. The number of nitrogens with zero attached hydrogens (tertiary/aromatic N) is 2. The van der Waals surface area contributed by atoms with Crippen LogP contribution in [0.5, 0.6) is 0 Å². The Morgan fingerprint density at radius 3 is 2.77 bits per heavy atom. The molecule has 0 radical (unpaired) electrons. The van der Waals surface area contributed by atoms with Crippen molar-refractivity contribution in [2.75, 3.05) is 19.7 Å². The summed E-state index contributed by atoms with van der Waals surface area (Å²) in [6, 6.07) is 14.1. The zero-order valence-electron chi connectivity index (χ0n) is 12.5. The fourth-order valence-electron chi connectivity index (χ4n) is 2.74. The lowest BCUT2D eigenvalue weighted by atomic mass is 10.1. The number of amides is 1. The minimum atomic E-state index is 0.0778. The average molecular weight is 296 g/mol. The first kappa shape index (κ1) is 14.7. The molecule has 1 saturated heterocycles. The van der Waals surface area contributed by atoms with Gasteiger partial charge in [0.25, 0.3) is 0 Å². The predicted molar refractivity (Wildman–Crippen MR) is 84.4 cm³/mol.